The smallest absolute Gasteiger partial charge is 0.266 e. The summed E-state index contributed by atoms with van der Waals surface area (Å²) in [6.07, 6.45) is 2.29. The number of hydrogen-bond acceptors (Lipinski definition) is 3. The highest BCUT2D eigenvalue weighted by Crippen LogP contribution is 2.29. The SMILES string of the molecule is CCCCN(C(=O)c1ccccc1Cl)C(CC)c1nc2ccccc2c(=O)n1-c1ccc(Cl)cc1. The van der Waals surface area contributed by atoms with E-state index in [1.165, 1.54) is 0 Å². The second-order valence-electron chi connectivity index (χ2n) is 8.36. The zero-order valence-electron chi connectivity index (χ0n) is 19.7. The van der Waals surface area contributed by atoms with Crippen LogP contribution in [0.1, 0.15) is 55.3 Å². The van der Waals surface area contributed by atoms with Gasteiger partial charge in [0.2, 0.25) is 0 Å². The average molecular weight is 508 g/mol. The first kappa shape index (κ1) is 25.0. The number of carbonyl (C=O) groups excluding carboxylic acids is 1. The first-order valence-corrected chi connectivity index (χ1v) is 12.5. The number of unbranched alkanes of at least 4 members (excludes halogenated alkanes) is 1. The summed E-state index contributed by atoms with van der Waals surface area (Å²) in [6.45, 7) is 4.59. The molecule has 4 rings (SSSR count). The fourth-order valence-electron chi connectivity index (χ4n) is 4.27. The number of hydrogen-bond donors (Lipinski definition) is 0. The summed E-state index contributed by atoms with van der Waals surface area (Å²) in [5, 5.41) is 1.48. The maximum atomic E-state index is 13.8. The van der Waals surface area contributed by atoms with Gasteiger partial charge < -0.3 is 4.90 Å². The Morgan fingerprint density at radius 3 is 2.34 bits per heavy atom. The van der Waals surface area contributed by atoms with Crippen LogP contribution in [0.25, 0.3) is 16.6 Å². The summed E-state index contributed by atoms with van der Waals surface area (Å²) >= 11 is 12.5. The standard InChI is InChI=1S/C28H27Cl2N3O2/c1-3-5-18-32(27(34)21-10-6-8-12-23(21)30)25(4-2)26-31-24-13-9-7-11-22(24)28(35)33(26)20-16-14-19(29)15-17-20/h6-17,25H,3-5,18H2,1-2H3. The van der Waals surface area contributed by atoms with Gasteiger partial charge in [-0.1, -0.05) is 67.7 Å². The fraction of sp³-hybridized carbons (Fsp3) is 0.250. The zero-order valence-corrected chi connectivity index (χ0v) is 21.3. The fourth-order valence-corrected chi connectivity index (χ4v) is 4.61. The zero-order chi connectivity index (χ0) is 24.9. The molecule has 1 aromatic heterocycles. The van der Waals surface area contributed by atoms with Crippen LogP contribution in [0.5, 0.6) is 0 Å². The number of halogens is 2. The van der Waals surface area contributed by atoms with E-state index in [1.54, 1.807) is 64.1 Å². The number of para-hydroxylation sites is 1. The third-order valence-corrected chi connectivity index (χ3v) is 6.65. The van der Waals surface area contributed by atoms with Gasteiger partial charge in [0.15, 0.2) is 0 Å². The quantitative estimate of drug-likeness (QED) is 0.255. The van der Waals surface area contributed by atoms with Crippen molar-refractivity contribution in [3.63, 3.8) is 0 Å². The monoisotopic (exact) mass is 507 g/mol. The molecule has 1 unspecified atom stereocenters. The van der Waals surface area contributed by atoms with Crippen molar-refractivity contribution in [1.82, 2.24) is 14.5 Å². The van der Waals surface area contributed by atoms with Crippen molar-refractivity contribution in [2.24, 2.45) is 0 Å². The molecule has 0 radical (unpaired) electrons. The molecule has 7 heteroatoms. The lowest BCUT2D eigenvalue weighted by molar-refractivity contribution is 0.0656. The van der Waals surface area contributed by atoms with E-state index < -0.39 is 6.04 Å². The van der Waals surface area contributed by atoms with Gasteiger partial charge in [-0.25, -0.2) is 4.98 Å². The average Bonchev–Trinajstić information content (AvgIpc) is 2.87. The summed E-state index contributed by atoms with van der Waals surface area (Å²) in [5.74, 6) is 0.330. The molecule has 5 nitrogen and oxygen atoms in total. The van der Waals surface area contributed by atoms with E-state index >= 15 is 0 Å². The van der Waals surface area contributed by atoms with Gasteiger partial charge in [0.05, 0.1) is 33.2 Å². The number of benzene rings is 3. The molecule has 35 heavy (non-hydrogen) atoms. The molecule has 180 valence electrons. The minimum absolute atomic E-state index is 0.180. The minimum atomic E-state index is -0.446. The van der Waals surface area contributed by atoms with Gasteiger partial charge in [-0.05, 0) is 61.4 Å². The van der Waals surface area contributed by atoms with Crippen LogP contribution in [-0.4, -0.2) is 26.9 Å². The lowest BCUT2D eigenvalue weighted by Crippen LogP contribution is -2.39. The Hall–Kier alpha value is -3.15. The molecular formula is C28H27Cl2N3O2. The number of aromatic nitrogens is 2. The van der Waals surface area contributed by atoms with E-state index in [4.69, 9.17) is 28.2 Å². The van der Waals surface area contributed by atoms with Crippen molar-refractivity contribution < 1.29 is 4.79 Å². The molecule has 0 fully saturated rings. The molecule has 3 aromatic carbocycles. The van der Waals surface area contributed by atoms with Gasteiger partial charge in [-0.2, -0.15) is 0 Å². The Morgan fingerprint density at radius 1 is 0.971 bits per heavy atom. The van der Waals surface area contributed by atoms with E-state index in [1.807, 2.05) is 25.1 Å². The van der Waals surface area contributed by atoms with E-state index in [2.05, 4.69) is 6.92 Å². The Morgan fingerprint density at radius 2 is 1.66 bits per heavy atom. The highest BCUT2D eigenvalue weighted by Gasteiger charge is 2.30. The van der Waals surface area contributed by atoms with Crippen molar-refractivity contribution in [2.45, 2.75) is 39.2 Å². The Bertz CT molecular complexity index is 1400. The molecule has 0 aliphatic carbocycles. The number of rotatable bonds is 8. The number of carbonyl (C=O) groups is 1. The van der Waals surface area contributed by atoms with Crippen LogP contribution in [0.2, 0.25) is 10.0 Å². The maximum absolute atomic E-state index is 13.8. The molecule has 0 spiro atoms. The molecule has 0 aliphatic heterocycles. The molecule has 0 saturated carbocycles. The third-order valence-electron chi connectivity index (χ3n) is 6.07. The lowest BCUT2D eigenvalue weighted by atomic mass is 10.1. The largest absolute Gasteiger partial charge is 0.328 e. The van der Waals surface area contributed by atoms with Gasteiger partial charge in [0, 0.05) is 11.6 Å². The van der Waals surface area contributed by atoms with Crippen LogP contribution >= 0.6 is 23.2 Å². The van der Waals surface area contributed by atoms with Crippen molar-refractivity contribution >= 4 is 40.0 Å². The van der Waals surface area contributed by atoms with E-state index in [-0.39, 0.29) is 11.5 Å². The number of amides is 1. The van der Waals surface area contributed by atoms with E-state index in [0.29, 0.717) is 51.0 Å². The minimum Gasteiger partial charge on any atom is -0.328 e. The molecule has 0 aliphatic rings. The van der Waals surface area contributed by atoms with Crippen LogP contribution in [0.3, 0.4) is 0 Å². The summed E-state index contributed by atoms with van der Waals surface area (Å²) in [7, 11) is 0. The van der Waals surface area contributed by atoms with Crippen LogP contribution in [-0.2, 0) is 0 Å². The van der Waals surface area contributed by atoms with Gasteiger partial charge in [0.1, 0.15) is 5.82 Å². The topological polar surface area (TPSA) is 55.2 Å². The molecular weight excluding hydrogens is 481 g/mol. The van der Waals surface area contributed by atoms with E-state index in [0.717, 1.165) is 12.8 Å². The normalized spacial score (nSPS) is 12.0. The Balaban J connectivity index is 1.95. The van der Waals surface area contributed by atoms with Gasteiger partial charge in [-0.3, -0.25) is 14.2 Å². The van der Waals surface area contributed by atoms with Gasteiger partial charge in [0.25, 0.3) is 11.5 Å². The highest BCUT2D eigenvalue weighted by molar-refractivity contribution is 6.33. The van der Waals surface area contributed by atoms with Crippen molar-refractivity contribution in [3.05, 3.63) is 105 Å². The predicted octanol–water partition coefficient (Wildman–Crippen LogP) is 7.09. The van der Waals surface area contributed by atoms with Gasteiger partial charge >= 0.3 is 0 Å². The number of nitrogens with zero attached hydrogens (tertiary/aromatic N) is 3. The van der Waals surface area contributed by atoms with Crippen LogP contribution in [0.15, 0.2) is 77.6 Å². The molecule has 1 heterocycles. The van der Waals surface area contributed by atoms with Crippen LogP contribution in [0.4, 0.5) is 0 Å². The van der Waals surface area contributed by atoms with Crippen molar-refractivity contribution in [3.8, 4) is 5.69 Å². The Kier molecular flexibility index (Phi) is 7.89. The molecule has 0 saturated heterocycles. The summed E-state index contributed by atoms with van der Waals surface area (Å²) in [5.41, 5.74) is 1.49. The number of fused-ring (bicyclic) bond motifs is 1. The summed E-state index contributed by atoms with van der Waals surface area (Å²) in [4.78, 5) is 34.3. The summed E-state index contributed by atoms with van der Waals surface area (Å²) in [6, 6.07) is 21.0. The molecule has 1 amide bonds. The molecule has 0 N–H and O–H groups in total. The maximum Gasteiger partial charge on any atom is 0.266 e. The molecule has 1 atom stereocenters. The second kappa shape index (κ2) is 11.1. The summed E-state index contributed by atoms with van der Waals surface area (Å²) < 4.78 is 1.60. The molecule has 4 aromatic rings. The van der Waals surface area contributed by atoms with Gasteiger partial charge in [-0.15, -0.1) is 0 Å². The van der Waals surface area contributed by atoms with Crippen molar-refractivity contribution in [1.29, 1.82) is 0 Å². The second-order valence-corrected chi connectivity index (χ2v) is 9.20. The Labute approximate surface area is 214 Å². The van der Waals surface area contributed by atoms with Crippen molar-refractivity contribution in [2.75, 3.05) is 6.54 Å². The lowest BCUT2D eigenvalue weighted by Gasteiger charge is -2.32. The first-order chi connectivity index (χ1) is 17.0. The molecule has 0 bridgehead atoms. The van der Waals surface area contributed by atoms with Crippen LogP contribution in [0, 0.1) is 0 Å². The van der Waals surface area contributed by atoms with E-state index in [9.17, 15) is 9.59 Å². The third kappa shape index (κ3) is 5.12. The van der Waals surface area contributed by atoms with Crippen LogP contribution < -0.4 is 5.56 Å². The first-order valence-electron chi connectivity index (χ1n) is 11.8. The predicted molar refractivity (Wildman–Crippen MR) is 143 cm³/mol. The highest BCUT2D eigenvalue weighted by atomic mass is 35.5.